The smallest absolute Gasteiger partial charge is 0.221 e. The molecule has 2 aromatic rings. The Labute approximate surface area is 124 Å². The first kappa shape index (κ1) is 14.9. The molecule has 0 saturated heterocycles. The van der Waals surface area contributed by atoms with Gasteiger partial charge in [-0.15, -0.1) is 0 Å². The number of aromatic nitrogens is 2. The largest absolute Gasteiger partial charge is 0.493 e. The lowest BCUT2D eigenvalue weighted by atomic mass is 10.1. The summed E-state index contributed by atoms with van der Waals surface area (Å²) >= 11 is 0. The molecule has 2 rings (SSSR count). The Kier molecular flexibility index (Phi) is 4.81. The molecule has 0 aliphatic heterocycles. The maximum Gasteiger partial charge on any atom is 0.221 e. The van der Waals surface area contributed by atoms with Crippen molar-refractivity contribution in [2.45, 2.75) is 13.3 Å². The first-order valence-corrected chi connectivity index (χ1v) is 6.68. The summed E-state index contributed by atoms with van der Waals surface area (Å²) in [4.78, 5) is 8.12. The normalized spacial score (nSPS) is 10.2. The summed E-state index contributed by atoms with van der Waals surface area (Å²) in [6, 6.07) is 5.90. The Morgan fingerprint density at radius 2 is 1.95 bits per heavy atom. The van der Waals surface area contributed by atoms with Gasteiger partial charge in [0.25, 0.3) is 0 Å². The Hall–Kier alpha value is -2.50. The third kappa shape index (κ3) is 3.75. The molecule has 0 unspecified atom stereocenters. The minimum Gasteiger partial charge on any atom is -0.493 e. The summed E-state index contributed by atoms with van der Waals surface area (Å²) in [7, 11) is 3.26. The van der Waals surface area contributed by atoms with E-state index in [4.69, 9.17) is 15.2 Å². The van der Waals surface area contributed by atoms with Gasteiger partial charge in [-0.3, -0.25) is 0 Å². The van der Waals surface area contributed by atoms with Gasteiger partial charge in [0.1, 0.15) is 5.82 Å². The molecule has 0 saturated carbocycles. The van der Waals surface area contributed by atoms with Gasteiger partial charge in [-0.2, -0.15) is 4.98 Å². The van der Waals surface area contributed by atoms with Gasteiger partial charge in [0, 0.05) is 18.3 Å². The summed E-state index contributed by atoms with van der Waals surface area (Å²) in [6.45, 7) is 2.69. The number of nitrogens with one attached hydrogen (secondary N) is 1. The summed E-state index contributed by atoms with van der Waals surface area (Å²) in [5, 5.41) is 3.27. The summed E-state index contributed by atoms with van der Waals surface area (Å²) < 4.78 is 10.5. The number of ether oxygens (including phenoxy) is 2. The molecule has 0 aliphatic rings. The van der Waals surface area contributed by atoms with Crippen LogP contribution in [-0.4, -0.2) is 30.7 Å². The van der Waals surface area contributed by atoms with Crippen LogP contribution in [0.2, 0.25) is 0 Å². The number of nitrogen functional groups attached to an aromatic ring is 1. The van der Waals surface area contributed by atoms with Gasteiger partial charge >= 0.3 is 0 Å². The molecule has 6 nitrogen and oxygen atoms in total. The fourth-order valence-corrected chi connectivity index (χ4v) is 2.00. The molecule has 1 aromatic heterocycles. The van der Waals surface area contributed by atoms with Crippen LogP contribution in [0.5, 0.6) is 11.5 Å². The summed E-state index contributed by atoms with van der Waals surface area (Å²) in [5.41, 5.74) is 7.71. The molecule has 0 fully saturated rings. The minimum absolute atomic E-state index is 0.272. The van der Waals surface area contributed by atoms with Crippen LogP contribution in [0.15, 0.2) is 24.4 Å². The molecule has 1 heterocycles. The van der Waals surface area contributed by atoms with Crippen LogP contribution < -0.4 is 20.5 Å². The van der Waals surface area contributed by atoms with Gasteiger partial charge in [-0.05, 0) is 31.0 Å². The second-order valence-corrected chi connectivity index (χ2v) is 4.63. The highest BCUT2D eigenvalue weighted by Gasteiger charge is 2.05. The molecule has 0 atom stereocenters. The van der Waals surface area contributed by atoms with Gasteiger partial charge < -0.3 is 20.5 Å². The standard InChI is InChI=1S/C15H20N4O2/c1-10-9-18-15(16)19-14(10)17-7-6-11-4-5-12(20-2)13(8-11)21-3/h4-5,8-9H,6-7H2,1-3H3,(H3,16,17,18,19). The van der Waals surface area contributed by atoms with E-state index < -0.39 is 0 Å². The molecular weight excluding hydrogens is 268 g/mol. The molecule has 1 aromatic carbocycles. The number of rotatable bonds is 6. The Morgan fingerprint density at radius 3 is 2.67 bits per heavy atom. The van der Waals surface area contributed by atoms with Crippen LogP contribution in [0.4, 0.5) is 11.8 Å². The number of methoxy groups -OCH3 is 2. The van der Waals surface area contributed by atoms with Gasteiger partial charge in [-0.1, -0.05) is 6.07 Å². The third-order valence-electron chi connectivity index (χ3n) is 3.14. The zero-order valence-corrected chi connectivity index (χ0v) is 12.5. The molecule has 0 bridgehead atoms. The van der Waals surface area contributed by atoms with E-state index in [1.165, 1.54) is 0 Å². The average Bonchev–Trinajstić information content (AvgIpc) is 2.50. The molecule has 3 N–H and O–H groups in total. The van der Waals surface area contributed by atoms with Crippen molar-refractivity contribution in [1.82, 2.24) is 9.97 Å². The van der Waals surface area contributed by atoms with E-state index in [9.17, 15) is 0 Å². The lowest BCUT2D eigenvalue weighted by Gasteiger charge is -2.11. The lowest BCUT2D eigenvalue weighted by Crippen LogP contribution is -2.09. The lowest BCUT2D eigenvalue weighted by molar-refractivity contribution is 0.354. The number of benzene rings is 1. The predicted octanol–water partition coefficient (Wildman–Crippen LogP) is 2.04. The highest BCUT2D eigenvalue weighted by Crippen LogP contribution is 2.27. The zero-order chi connectivity index (χ0) is 15.2. The molecule has 0 amide bonds. The number of hydrogen-bond donors (Lipinski definition) is 2. The third-order valence-corrected chi connectivity index (χ3v) is 3.14. The topological polar surface area (TPSA) is 82.3 Å². The Bertz CT molecular complexity index is 617. The van der Waals surface area contributed by atoms with Crippen molar-refractivity contribution in [1.29, 1.82) is 0 Å². The van der Waals surface area contributed by atoms with Crippen molar-refractivity contribution in [2.75, 3.05) is 31.8 Å². The van der Waals surface area contributed by atoms with E-state index in [1.54, 1.807) is 20.4 Å². The van der Waals surface area contributed by atoms with Crippen LogP contribution in [0.1, 0.15) is 11.1 Å². The van der Waals surface area contributed by atoms with Gasteiger partial charge in [0.2, 0.25) is 5.95 Å². The van der Waals surface area contributed by atoms with E-state index in [0.29, 0.717) is 0 Å². The summed E-state index contributed by atoms with van der Waals surface area (Å²) in [5.74, 6) is 2.50. The molecule has 0 aliphatic carbocycles. The van der Waals surface area contributed by atoms with E-state index in [1.807, 2.05) is 25.1 Å². The maximum absolute atomic E-state index is 5.59. The molecule has 112 valence electrons. The van der Waals surface area contributed by atoms with Crippen LogP contribution in [-0.2, 0) is 6.42 Å². The number of anilines is 2. The fourth-order valence-electron chi connectivity index (χ4n) is 2.00. The van der Waals surface area contributed by atoms with Gasteiger partial charge in [0.05, 0.1) is 14.2 Å². The number of nitrogens with two attached hydrogens (primary N) is 1. The molecular formula is C15H20N4O2. The average molecular weight is 288 g/mol. The first-order chi connectivity index (χ1) is 10.1. The monoisotopic (exact) mass is 288 g/mol. The van der Waals surface area contributed by atoms with E-state index in [2.05, 4.69) is 15.3 Å². The second kappa shape index (κ2) is 6.78. The van der Waals surface area contributed by atoms with Crippen LogP contribution in [0, 0.1) is 6.92 Å². The van der Waals surface area contributed by atoms with Gasteiger partial charge in [-0.25, -0.2) is 4.98 Å². The van der Waals surface area contributed by atoms with E-state index >= 15 is 0 Å². The van der Waals surface area contributed by atoms with Crippen molar-refractivity contribution in [2.24, 2.45) is 0 Å². The quantitative estimate of drug-likeness (QED) is 0.846. The first-order valence-electron chi connectivity index (χ1n) is 6.68. The highest BCUT2D eigenvalue weighted by atomic mass is 16.5. The number of hydrogen-bond acceptors (Lipinski definition) is 6. The van der Waals surface area contributed by atoms with E-state index in [-0.39, 0.29) is 5.95 Å². The molecule has 21 heavy (non-hydrogen) atoms. The van der Waals surface area contributed by atoms with Crippen LogP contribution in [0.25, 0.3) is 0 Å². The van der Waals surface area contributed by atoms with Crippen molar-refractivity contribution >= 4 is 11.8 Å². The molecule has 6 heteroatoms. The predicted molar refractivity (Wildman–Crippen MR) is 82.9 cm³/mol. The van der Waals surface area contributed by atoms with Crippen molar-refractivity contribution in [3.05, 3.63) is 35.5 Å². The van der Waals surface area contributed by atoms with Crippen molar-refractivity contribution < 1.29 is 9.47 Å². The van der Waals surface area contributed by atoms with Crippen molar-refractivity contribution in [3.8, 4) is 11.5 Å². The fraction of sp³-hybridized carbons (Fsp3) is 0.333. The molecule has 0 radical (unpaired) electrons. The van der Waals surface area contributed by atoms with Crippen LogP contribution in [0.3, 0.4) is 0 Å². The SMILES string of the molecule is COc1ccc(CCNc2nc(N)ncc2C)cc1OC. The summed E-state index contributed by atoms with van der Waals surface area (Å²) in [6.07, 6.45) is 2.55. The number of nitrogens with zero attached hydrogens (tertiary/aromatic N) is 2. The van der Waals surface area contributed by atoms with Gasteiger partial charge in [0.15, 0.2) is 11.5 Å². The Balaban J connectivity index is 1.98. The minimum atomic E-state index is 0.272. The second-order valence-electron chi connectivity index (χ2n) is 4.63. The zero-order valence-electron chi connectivity index (χ0n) is 12.5. The Morgan fingerprint density at radius 1 is 1.19 bits per heavy atom. The maximum atomic E-state index is 5.59. The van der Waals surface area contributed by atoms with E-state index in [0.717, 1.165) is 41.4 Å². The van der Waals surface area contributed by atoms with Crippen LogP contribution >= 0.6 is 0 Å². The van der Waals surface area contributed by atoms with Crippen molar-refractivity contribution in [3.63, 3.8) is 0 Å². The number of aryl methyl sites for hydroxylation is 1. The highest BCUT2D eigenvalue weighted by molar-refractivity contribution is 5.46. The molecule has 0 spiro atoms.